The molecular weight excluding hydrogens is 520 g/mol. The minimum absolute atomic E-state index is 0.202. The van der Waals surface area contributed by atoms with E-state index in [2.05, 4.69) is 20.9 Å². The van der Waals surface area contributed by atoms with Crippen molar-refractivity contribution < 1.29 is 28.7 Å². The van der Waals surface area contributed by atoms with E-state index in [0.29, 0.717) is 5.75 Å². The fraction of sp³-hybridized carbons (Fsp3) is 0.500. The van der Waals surface area contributed by atoms with E-state index in [1.54, 1.807) is 27.0 Å². The van der Waals surface area contributed by atoms with Gasteiger partial charge in [-0.2, -0.15) is 11.8 Å². The number of thioether (sulfide) groups is 1. The van der Waals surface area contributed by atoms with Crippen molar-refractivity contribution in [2.24, 2.45) is 0 Å². The third-order valence-corrected chi connectivity index (χ3v) is 6.56. The fourth-order valence-electron chi connectivity index (χ4n) is 3.65. The molecule has 0 bridgehead atoms. The molecule has 0 unspecified atom stereocenters. The first-order valence-corrected chi connectivity index (χ1v) is 14.1. The standard InChI is InChI=1S/C28H40N4O6S/c1-7-8-11-14-39-17-23(32-27(36)38-28(3,4)5)25(34)30-18(2)24(33)31-22(26(35)37-6)15-19-16-29-21-13-10-9-12-20(19)21/h8-13,16,18,22-23,29H,7,14-15,17H2,1-6H3,(H,30,34)(H,31,33)(H,32,36)/t18-,22-,23-/m0/s1. The second-order valence-corrected chi connectivity index (χ2v) is 11.1. The number of rotatable bonds is 13. The lowest BCUT2D eigenvalue weighted by molar-refractivity contribution is -0.145. The maximum Gasteiger partial charge on any atom is 0.408 e. The normalized spacial score (nSPS) is 13.9. The fourth-order valence-corrected chi connectivity index (χ4v) is 4.53. The topological polar surface area (TPSA) is 139 Å². The van der Waals surface area contributed by atoms with Gasteiger partial charge in [0.05, 0.1) is 7.11 Å². The molecule has 1 aromatic heterocycles. The molecule has 0 aliphatic carbocycles. The van der Waals surface area contributed by atoms with Crippen molar-refractivity contribution >= 4 is 46.5 Å². The summed E-state index contributed by atoms with van der Waals surface area (Å²) < 4.78 is 10.2. The lowest BCUT2D eigenvalue weighted by Crippen LogP contribution is -2.56. The lowest BCUT2D eigenvalue weighted by atomic mass is 10.0. The van der Waals surface area contributed by atoms with E-state index >= 15 is 0 Å². The van der Waals surface area contributed by atoms with Crippen molar-refractivity contribution in [1.82, 2.24) is 20.9 Å². The Hall–Kier alpha value is -3.47. The van der Waals surface area contributed by atoms with E-state index < -0.39 is 47.6 Å². The van der Waals surface area contributed by atoms with Gasteiger partial charge in [0.25, 0.3) is 0 Å². The number of amides is 3. The second kappa shape index (κ2) is 15.2. The van der Waals surface area contributed by atoms with Crippen molar-refractivity contribution in [2.75, 3.05) is 18.6 Å². The van der Waals surface area contributed by atoms with Gasteiger partial charge in [0.2, 0.25) is 11.8 Å². The Morgan fingerprint density at radius 2 is 1.74 bits per heavy atom. The molecule has 10 nitrogen and oxygen atoms in total. The minimum Gasteiger partial charge on any atom is -0.467 e. The van der Waals surface area contributed by atoms with Crippen LogP contribution in [-0.2, 0) is 30.3 Å². The van der Waals surface area contributed by atoms with E-state index in [-0.39, 0.29) is 12.2 Å². The number of aromatic amines is 1. The molecule has 2 aromatic rings. The maximum atomic E-state index is 13.1. The van der Waals surface area contributed by atoms with E-state index in [0.717, 1.165) is 22.9 Å². The first-order valence-electron chi connectivity index (χ1n) is 12.9. The quantitative estimate of drug-likeness (QED) is 0.167. The number of fused-ring (bicyclic) bond motifs is 1. The number of hydrogen-bond acceptors (Lipinski definition) is 7. The van der Waals surface area contributed by atoms with Gasteiger partial charge in [-0.05, 0) is 45.7 Å². The summed E-state index contributed by atoms with van der Waals surface area (Å²) in [5.74, 6) is -0.764. The van der Waals surface area contributed by atoms with Crippen LogP contribution in [0.3, 0.4) is 0 Å². The van der Waals surface area contributed by atoms with Gasteiger partial charge in [0.15, 0.2) is 0 Å². The van der Waals surface area contributed by atoms with Gasteiger partial charge in [-0.15, -0.1) is 0 Å². The highest BCUT2D eigenvalue weighted by Gasteiger charge is 2.29. The van der Waals surface area contributed by atoms with Crippen LogP contribution in [0.2, 0.25) is 0 Å². The van der Waals surface area contributed by atoms with Crippen molar-refractivity contribution in [3.8, 4) is 0 Å². The number of nitrogens with one attached hydrogen (secondary N) is 4. The minimum atomic E-state index is -0.986. The van der Waals surface area contributed by atoms with Crippen LogP contribution in [0, 0.1) is 0 Å². The van der Waals surface area contributed by atoms with E-state index in [1.807, 2.05) is 43.3 Å². The molecule has 11 heteroatoms. The third kappa shape index (κ3) is 10.7. The van der Waals surface area contributed by atoms with Crippen LogP contribution in [0.1, 0.15) is 46.6 Å². The van der Waals surface area contributed by atoms with Crippen LogP contribution in [0.25, 0.3) is 10.9 Å². The average molecular weight is 561 g/mol. The molecule has 1 aromatic carbocycles. The summed E-state index contributed by atoms with van der Waals surface area (Å²) in [6.45, 7) is 8.72. The van der Waals surface area contributed by atoms with Crippen molar-refractivity contribution in [1.29, 1.82) is 0 Å². The Kier molecular flexibility index (Phi) is 12.4. The Balaban J connectivity index is 2.06. The Bertz CT molecular complexity index is 1160. The summed E-state index contributed by atoms with van der Waals surface area (Å²) in [7, 11) is 1.25. The third-order valence-electron chi connectivity index (χ3n) is 5.56. The zero-order chi connectivity index (χ0) is 29.0. The zero-order valence-corrected chi connectivity index (χ0v) is 24.3. The highest BCUT2D eigenvalue weighted by molar-refractivity contribution is 7.99. The molecule has 0 aliphatic rings. The van der Waals surface area contributed by atoms with Crippen LogP contribution >= 0.6 is 11.8 Å². The van der Waals surface area contributed by atoms with Gasteiger partial charge in [-0.1, -0.05) is 37.3 Å². The van der Waals surface area contributed by atoms with Crippen molar-refractivity contribution in [3.05, 3.63) is 48.2 Å². The summed E-state index contributed by atoms with van der Waals surface area (Å²) >= 11 is 1.46. The van der Waals surface area contributed by atoms with Crippen LogP contribution in [0.5, 0.6) is 0 Å². The monoisotopic (exact) mass is 560 g/mol. The Morgan fingerprint density at radius 3 is 2.41 bits per heavy atom. The average Bonchev–Trinajstić information content (AvgIpc) is 3.28. The number of carbonyl (C=O) groups is 4. The molecule has 39 heavy (non-hydrogen) atoms. The number of allylic oxidation sites excluding steroid dienone is 1. The molecule has 0 aliphatic heterocycles. The molecule has 214 valence electrons. The number of para-hydroxylation sites is 1. The van der Waals surface area contributed by atoms with Crippen molar-refractivity contribution in [2.45, 2.75) is 71.2 Å². The molecule has 0 spiro atoms. The van der Waals surface area contributed by atoms with Gasteiger partial charge in [-0.25, -0.2) is 9.59 Å². The molecule has 3 amide bonds. The van der Waals surface area contributed by atoms with Gasteiger partial charge in [-0.3, -0.25) is 9.59 Å². The van der Waals surface area contributed by atoms with Crippen LogP contribution in [0.4, 0.5) is 4.79 Å². The summed E-state index contributed by atoms with van der Waals surface area (Å²) in [5.41, 5.74) is 1.02. The van der Waals surface area contributed by atoms with E-state index in [4.69, 9.17) is 9.47 Å². The predicted octanol–water partition coefficient (Wildman–Crippen LogP) is 3.47. The molecule has 0 fully saturated rings. The second-order valence-electron chi connectivity index (χ2n) is 9.99. The molecule has 3 atom stereocenters. The summed E-state index contributed by atoms with van der Waals surface area (Å²) in [4.78, 5) is 54.1. The number of carbonyl (C=O) groups excluding carboxylic acids is 4. The first kappa shape index (κ1) is 31.7. The lowest BCUT2D eigenvalue weighted by Gasteiger charge is -2.24. The Labute approximate surface area is 234 Å². The summed E-state index contributed by atoms with van der Waals surface area (Å²) in [6, 6.07) is 4.76. The number of aromatic nitrogens is 1. The largest absolute Gasteiger partial charge is 0.467 e. The highest BCUT2D eigenvalue weighted by Crippen LogP contribution is 2.19. The number of alkyl carbamates (subject to hydrolysis) is 1. The number of methoxy groups -OCH3 is 1. The smallest absolute Gasteiger partial charge is 0.408 e. The number of H-pyrrole nitrogens is 1. The number of esters is 1. The van der Waals surface area contributed by atoms with Gasteiger partial charge in [0.1, 0.15) is 23.7 Å². The molecular formula is C28H40N4O6S. The molecule has 2 rings (SSSR count). The molecule has 0 radical (unpaired) electrons. The van der Waals surface area contributed by atoms with Crippen LogP contribution < -0.4 is 16.0 Å². The SMILES string of the molecule is CCC=CCSC[C@H](NC(=O)OC(C)(C)C)C(=O)N[C@@H](C)C(=O)N[C@@H](Cc1c[nH]c2ccccc12)C(=O)OC. The predicted molar refractivity (Wildman–Crippen MR) is 153 cm³/mol. The van der Waals surface area contributed by atoms with Crippen LogP contribution in [0.15, 0.2) is 42.6 Å². The summed E-state index contributed by atoms with van der Waals surface area (Å²) in [6.07, 6.45) is 6.17. The van der Waals surface area contributed by atoms with Gasteiger partial charge in [0, 0.05) is 35.0 Å². The zero-order valence-electron chi connectivity index (χ0n) is 23.5. The molecule has 0 saturated heterocycles. The molecule has 1 heterocycles. The van der Waals surface area contributed by atoms with Crippen molar-refractivity contribution in [3.63, 3.8) is 0 Å². The van der Waals surface area contributed by atoms with Gasteiger partial charge >= 0.3 is 12.1 Å². The maximum absolute atomic E-state index is 13.1. The number of ether oxygens (including phenoxy) is 2. The van der Waals surface area contributed by atoms with Gasteiger partial charge < -0.3 is 30.4 Å². The number of hydrogen-bond donors (Lipinski definition) is 4. The van der Waals surface area contributed by atoms with E-state index in [9.17, 15) is 19.2 Å². The van der Waals surface area contributed by atoms with Crippen LogP contribution in [-0.4, -0.2) is 71.2 Å². The van der Waals surface area contributed by atoms with E-state index in [1.165, 1.54) is 25.8 Å². The first-order chi connectivity index (χ1) is 18.4. The molecule has 0 saturated carbocycles. The Morgan fingerprint density at radius 1 is 1.03 bits per heavy atom. The highest BCUT2D eigenvalue weighted by atomic mass is 32.2. The number of benzene rings is 1. The molecule has 4 N–H and O–H groups in total. The summed E-state index contributed by atoms with van der Waals surface area (Å²) in [5, 5.41) is 8.85.